The molecule has 0 heterocycles. The van der Waals surface area contributed by atoms with Crippen molar-refractivity contribution in [2.75, 3.05) is 18.8 Å². The van der Waals surface area contributed by atoms with Crippen LogP contribution in [-0.2, 0) is 10.1 Å². The first kappa shape index (κ1) is 13.7. The van der Waals surface area contributed by atoms with Gasteiger partial charge in [0.2, 0.25) is 0 Å². The minimum atomic E-state index is -4.27. The van der Waals surface area contributed by atoms with Gasteiger partial charge in [-0.2, -0.15) is 8.42 Å². The maximum atomic E-state index is 10.2. The van der Waals surface area contributed by atoms with Crippen LogP contribution in [0.3, 0.4) is 0 Å². The van der Waals surface area contributed by atoms with Crippen LogP contribution in [0.1, 0.15) is 0 Å². The Bertz CT molecular complexity index is 256. The molecule has 0 amide bonds. The molecule has 86 valence electrons. The van der Waals surface area contributed by atoms with E-state index in [0.717, 1.165) is 0 Å². The molecule has 0 fully saturated rings. The van der Waals surface area contributed by atoms with Gasteiger partial charge in [0.1, 0.15) is 5.75 Å². The molecule has 0 aliphatic carbocycles. The SMILES string of the molecule is O=S(=O)(O)CC(O)CNCC(O)(O)O. The van der Waals surface area contributed by atoms with Crippen LogP contribution in [0.4, 0.5) is 0 Å². The largest absolute Gasteiger partial charge is 0.391 e. The topological polar surface area (TPSA) is 147 Å². The Morgan fingerprint density at radius 1 is 1.29 bits per heavy atom. The second-order valence-electron chi connectivity index (χ2n) is 2.81. The van der Waals surface area contributed by atoms with Crippen LogP contribution < -0.4 is 5.32 Å². The van der Waals surface area contributed by atoms with E-state index in [4.69, 9.17) is 25.0 Å². The van der Waals surface area contributed by atoms with Gasteiger partial charge in [0, 0.05) is 6.54 Å². The highest BCUT2D eigenvalue weighted by Crippen LogP contribution is 1.91. The Morgan fingerprint density at radius 2 is 1.79 bits per heavy atom. The molecule has 6 N–H and O–H groups in total. The Hall–Kier alpha value is -0.290. The third-order valence-electron chi connectivity index (χ3n) is 1.15. The van der Waals surface area contributed by atoms with Gasteiger partial charge in [0.25, 0.3) is 16.1 Å². The normalized spacial score (nSPS) is 15.5. The fourth-order valence-corrected chi connectivity index (χ4v) is 1.31. The summed E-state index contributed by atoms with van der Waals surface area (Å²) in [6.45, 7) is -0.973. The van der Waals surface area contributed by atoms with Crippen molar-refractivity contribution in [3.63, 3.8) is 0 Å². The van der Waals surface area contributed by atoms with Gasteiger partial charge in [-0.1, -0.05) is 0 Å². The molecular formula is C5H13NO7S. The molecule has 0 saturated heterocycles. The summed E-state index contributed by atoms with van der Waals surface area (Å²) in [7, 11) is -4.27. The van der Waals surface area contributed by atoms with Crippen molar-refractivity contribution in [2.45, 2.75) is 12.1 Å². The number of aliphatic hydroxyl groups excluding tert-OH is 1. The average Bonchev–Trinajstić information content (AvgIpc) is 1.78. The lowest BCUT2D eigenvalue weighted by molar-refractivity contribution is -0.306. The number of nitrogens with one attached hydrogen (secondary N) is 1. The van der Waals surface area contributed by atoms with Crippen molar-refractivity contribution in [1.82, 2.24) is 5.32 Å². The summed E-state index contributed by atoms with van der Waals surface area (Å²) < 4.78 is 28.7. The van der Waals surface area contributed by atoms with Gasteiger partial charge in [0.05, 0.1) is 12.6 Å². The lowest BCUT2D eigenvalue weighted by Gasteiger charge is -2.16. The molecule has 0 aromatic rings. The van der Waals surface area contributed by atoms with E-state index in [1.54, 1.807) is 0 Å². The third-order valence-corrected chi connectivity index (χ3v) is 1.95. The van der Waals surface area contributed by atoms with E-state index in [2.05, 4.69) is 5.32 Å². The molecular weight excluding hydrogens is 218 g/mol. The second-order valence-corrected chi connectivity index (χ2v) is 4.30. The van der Waals surface area contributed by atoms with Crippen LogP contribution in [0.25, 0.3) is 0 Å². The summed E-state index contributed by atoms with van der Waals surface area (Å²) in [6.07, 6.45) is -1.40. The summed E-state index contributed by atoms with van der Waals surface area (Å²) in [4.78, 5) is 0. The number of aliphatic hydroxyl groups is 4. The highest BCUT2D eigenvalue weighted by Gasteiger charge is 2.19. The zero-order chi connectivity index (χ0) is 11.4. The van der Waals surface area contributed by atoms with Gasteiger partial charge >= 0.3 is 0 Å². The Labute approximate surface area is 80.6 Å². The number of hydrogen-bond acceptors (Lipinski definition) is 7. The third kappa shape index (κ3) is 9.80. The Balaban J connectivity index is 3.71. The van der Waals surface area contributed by atoms with Gasteiger partial charge in [-0.25, -0.2) is 0 Å². The summed E-state index contributed by atoms with van der Waals surface area (Å²) >= 11 is 0. The fourth-order valence-electron chi connectivity index (χ4n) is 0.709. The molecule has 0 bridgehead atoms. The minimum Gasteiger partial charge on any atom is -0.391 e. The molecule has 0 spiro atoms. The lowest BCUT2D eigenvalue weighted by Crippen LogP contribution is -2.43. The van der Waals surface area contributed by atoms with E-state index in [1.807, 2.05) is 0 Å². The van der Waals surface area contributed by atoms with E-state index < -0.39 is 34.5 Å². The van der Waals surface area contributed by atoms with Crippen molar-refractivity contribution in [2.24, 2.45) is 0 Å². The summed E-state index contributed by atoms with van der Waals surface area (Å²) in [5, 5.41) is 36.2. The van der Waals surface area contributed by atoms with Gasteiger partial charge in [-0.3, -0.25) is 4.55 Å². The van der Waals surface area contributed by atoms with Crippen molar-refractivity contribution >= 4 is 10.1 Å². The first-order valence-corrected chi connectivity index (χ1v) is 5.22. The first-order valence-electron chi connectivity index (χ1n) is 3.61. The summed E-state index contributed by atoms with van der Waals surface area (Å²) in [5.41, 5.74) is 0. The highest BCUT2D eigenvalue weighted by atomic mass is 32.2. The quantitative estimate of drug-likeness (QED) is 0.203. The Morgan fingerprint density at radius 3 is 2.14 bits per heavy atom. The van der Waals surface area contributed by atoms with E-state index in [1.165, 1.54) is 0 Å². The fraction of sp³-hybridized carbons (Fsp3) is 1.00. The number of hydrogen-bond donors (Lipinski definition) is 6. The molecule has 0 rings (SSSR count). The predicted octanol–water partition coefficient (Wildman–Crippen LogP) is -3.54. The van der Waals surface area contributed by atoms with Crippen molar-refractivity contribution in [3.8, 4) is 0 Å². The standard InChI is InChI=1S/C5H13NO7S/c7-4(2-14(11,12)13)1-6-3-5(8,9)10/h4,6-10H,1-3H2,(H,11,12,13). The van der Waals surface area contributed by atoms with Crippen molar-refractivity contribution in [3.05, 3.63) is 0 Å². The molecule has 0 aliphatic rings. The smallest absolute Gasteiger partial charge is 0.288 e. The number of rotatable bonds is 6. The monoisotopic (exact) mass is 231 g/mol. The van der Waals surface area contributed by atoms with Gasteiger partial charge in [-0.05, 0) is 0 Å². The lowest BCUT2D eigenvalue weighted by atomic mass is 10.4. The van der Waals surface area contributed by atoms with Gasteiger partial charge < -0.3 is 25.7 Å². The Kier molecular flexibility index (Phi) is 4.88. The van der Waals surface area contributed by atoms with E-state index in [9.17, 15) is 8.42 Å². The van der Waals surface area contributed by atoms with Crippen LogP contribution >= 0.6 is 0 Å². The van der Waals surface area contributed by atoms with E-state index >= 15 is 0 Å². The molecule has 0 saturated carbocycles. The molecule has 0 aliphatic heterocycles. The van der Waals surface area contributed by atoms with E-state index in [0.29, 0.717) is 0 Å². The minimum absolute atomic E-state index is 0.316. The van der Waals surface area contributed by atoms with Crippen molar-refractivity contribution < 1.29 is 33.4 Å². The molecule has 9 heteroatoms. The van der Waals surface area contributed by atoms with Crippen LogP contribution in [0.2, 0.25) is 0 Å². The zero-order valence-corrected chi connectivity index (χ0v) is 7.98. The summed E-state index contributed by atoms with van der Waals surface area (Å²) in [5.74, 6) is -3.78. The molecule has 0 aromatic carbocycles. The zero-order valence-electron chi connectivity index (χ0n) is 7.16. The molecule has 8 nitrogen and oxygen atoms in total. The van der Waals surface area contributed by atoms with Crippen LogP contribution in [0, 0.1) is 0 Å². The van der Waals surface area contributed by atoms with Crippen molar-refractivity contribution in [1.29, 1.82) is 0 Å². The maximum Gasteiger partial charge on any atom is 0.288 e. The van der Waals surface area contributed by atoms with Gasteiger partial charge in [-0.15, -0.1) is 0 Å². The summed E-state index contributed by atoms with van der Waals surface area (Å²) in [6, 6.07) is 0. The molecule has 1 atom stereocenters. The maximum absolute atomic E-state index is 10.2. The highest BCUT2D eigenvalue weighted by molar-refractivity contribution is 7.85. The average molecular weight is 231 g/mol. The molecule has 1 unspecified atom stereocenters. The van der Waals surface area contributed by atoms with Gasteiger partial charge in [0.15, 0.2) is 0 Å². The molecule has 0 aromatic heterocycles. The van der Waals surface area contributed by atoms with Crippen LogP contribution in [0.15, 0.2) is 0 Å². The predicted molar refractivity (Wildman–Crippen MR) is 44.7 cm³/mol. The molecule has 14 heavy (non-hydrogen) atoms. The second kappa shape index (κ2) is 4.98. The van der Waals surface area contributed by atoms with Crippen LogP contribution in [-0.4, -0.2) is 64.3 Å². The van der Waals surface area contributed by atoms with Crippen LogP contribution in [0.5, 0.6) is 0 Å². The molecule has 0 radical (unpaired) electrons. The van der Waals surface area contributed by atoms with E-state index in [-0.39, 0.29) is 6.54 Å². The first-order chi connectivity index (χ1) is 6.10.